The number of piperidine rings is 1. The molecule has 35 heavy (non-hydrogen) atoms. The molecule has 0 amide bonds. The van der Waals surface area contributed by atoms with Crippen molar-refractivity contribution in [3.8, 4) is 11.5 Å². The number of pyridine rings is 1. The van der Waals surface area contributed by atoms with Gasteiger partial charge >= 0.3 is 0 Å². The van der Waals surface area contributed by atoms with E-state index in [0.717, 1.165) is 37.1 Å². The Hall–Kier alpha value is -3.42. The maximum Gasteiger partial charge on any atom is 0.254 e. The van der Waals surface area contributed by atoms with E-state index < -0.39 is 5.60 Å². The molecule has 0 aliphatic carbocycles. The lowest BCUT2D eigenvalue weighted by molar-refractivity contribution is -0.00742. The number of Topliss-reactive ketones (excluding diaryl/α,β-unsaturated/α-hetero) is 1. The number of carbonyl (C=O) groups excluding carboxylic acids is 1. The quantitative estimate of drug-likeness (QED) is 0.475. The van der Waals surface area contributed by atoms with Crippen molar-refractivity contribution in [1.82, 2.24) is 9.47 Å². The summed E-state index contributed by atoms with van der Waals surface area (Å²) in [6.45, 7) is 4.49. The average Bonchev–Trinajstić information content (AvgIpc) is 2.86. The van der Waals surface area contributed by atoms with Crippen molar-refractivity contribution in [1.29, 1.82) is 0 Å². The van der Waals surface area contributed by atoms with Crippen molar-refractivity contribution in [2.24, 2.45) is 0 Å². The van der Waals surface area contributed by atoms with Crippen LogP contribution in [0.15, 0.2) is 71.7 Å². The van der Waals surface area contributed by atoms with Crippen LogP contribution in [0.1, 0.15) is 41.3 Å². The molecule has 0 bridgehead atoms. The standard InChI is InChI=1S/C28H32N2O5/c1-28(33)11-14-29(15-12-28)18-23-9-8-22(16-26(23)34-2)25(31)19-30-13-10-24(17-27(30)32)35-20-21-6-4-3-5-7-21/h3-10,13,16-17,33H,11-12,14-15,18-20H2,1-2H3. The van der Waals surface area contributed by atoms with Gasteiger partial charge in [-0.05, 0) is 37.5 Å². The summed E-state index contributed by atoms with van der Waals surface area (Å²) in [5.41, 5.74) is 1.59. The molecule has 1 aliphatic heterocycles. The molecule has 3 aromatic rings. The van der Waals surface area contributed by atoms with Gasteiger partial charge in [-0.15, -0.1) is 0 Å². The monoisotopic (exact) mass is 476 g/mol. The van der Waals surface area contributed by atoms with Crippen LogP contribution in [0.2, 0.25) is 0 Å². The van der Waals surface area contributed by atoms with Gasteiger partial charge in [-0.1, -0.05) is 42.5 Å². The van der Waals surface area contributed by atoms with Gasteiger partial charge in [-0.3, -0.25) is 14.5 Å². The molecule has 0 saturated carbocycles. The van der Waals surface area contributed by atoms with E-state index in [9.17, 15) is 14.7 Å². The highest BCUT2D eigenvalue weighted by Crippen LogP contribution is 2.26. The van der Waals surface area contributed by atoms with Crippen molar-refractivity contribution < 1.29 is 19.4 Å². The molecule has 0 spiro atoms. The van der Waals surface area contributed by atoms with E-state index in [2.05, 4.69) is 4.90 Å². The van der Waals surface area contributed by atoms with Crippen molar-refractivity contribution in [2.75, 3.05) is 20.2 Å². The maximum atomic E-state index is 12.9. The van der Waals surface area contributed by atoms with E-state index in [4.69, 9.17) is 9.47 Å². The minimum atomic E-state index is -0.596. The third kappa shape index (κ3) is 6.59. The predicted octanol–water partition coefficient (Wildman–Crippen LogP) is 3.67. The Balaban J connectivity index is 1.38. The number of ketones is 1. The van der Waals surface area contributed by atoms with Crippen LogP contribution in [-0.2, 0) is 19.7 Å². The summed E-state index contributed by atoms with van der Waals surface area (Å²) in [6, 6.07) is 18.2. The van der Waals surface area contributed by atoms with Crippen LogP contribution in [0.3, 0.4) is 0 Å². The Morgan fingerprint density at radius 2 is 1.80 bits per heavy atom. The number of nitrogens with zero attached hydrogens (tertiary/aromatic N) is 2. The Morgan fingerprint density at radius 1 is 1.06 bits per heavy atom. The van der Waals surface area contributed by atoms with Gasteiger partial charge in [0.05, 0.1) is 19.3 Å². The zero-order valence-electron chi connectivity index (χ0n) is 20.3. The number of methoxy groups -OCH3 is 1. The van der Waals surface area contributed by atoms with Gasteiger partial charge in [0.2, 0.25) is 0 Å². The Bertz CT molecular complexity index is 1210. The molecule has 1 aromatic heterocycles. The summed E-state index contributed by atoms with van der Waals surface area (Å²) in [5.74, 6) is 0.932. The van der Waals surface area contributed by atoms with Gasteiger partial charge in [0.15, 0.2) is 5.78 Å². The molecular weight excluding hydrogens is 444 g/mol. The molecule has 1 fully saturated rings. The highest BCUT2D eigenvalue weighted by Gasteiger charge is 2.27. The van der Waals surface area contributed by atoms with E-state index in [1.54, 1.807) is 31.5 Å². The highest BCUT2D eigenvalue weighted by atomic mass is 16.5. The van der Waals surface area contributed by atoms with E-state index >= 15 is 0 Å². The molecule has 2 heterocycles. The van der Waals surface area contributed by atoms with Crippen molar-refractivity contribution in [3.63, 3.8) is 0 Å². The summed E-state index contributed by atoms with van der Waals surface area (Å²) in [5, 5.41) is 10.2. The van der Waals surface area contributed by atoms with Crippen LogP contribution in [0.4, 0.5) is 0 Å². The smallest absolute Gasteiger partial charge is 0.254 e. The van der Waals surface area contributed by atoms with Crippen LogP contribution >= 0.6 is 0 Å². The third-order valence-corrected chi connectivity index (χ3v) is 6.47. The minimum absolute atomic E-state index is 0.0679. The van der Waals surface area contributed by atoms with Gasteiger partial charge in [-0.25, -0.2) is 0 Å². The SMILES string of the molecule is COc1cc(C(=O)Cn2ccc(OCc3ccccc3)cc2=O)ccc1CN1CCC(C)(O)CC1. The molecule has 0 radical (unpaired) electrons. The third-order valence-electron chi connectivity index (χ3n) is 6.47. The van der Waals surface area contributed by atoms with Crippen LogP contribution in [0.5, 0.6) is 11.5 Å². The fourth-order valence-corrected chi connectivity index (χ4v) is 4.18. The van der Waals surface area contributed by atoms with Gasteiger partial charge in [0.25, 0.3) is 5.56 Å². The van der Waals surface area contributed by atoms with Gasteiger partial charge in [0.1, 0.15) is 18.1 Å². The summed E-state index contributed by atoms with van der Waals surface area (Å²) in [7, 11) is 1.59. The number of aliphatic hydroxyl groups is 1. The fraction of sp³-hybridized carbons (Fsp3) is 0.357. The van der Waals surface area contributed by atoms with E-state index in [-0.39, 0.29) is 17.9 Å². The summed E-state index contributed by atoms with van der Waals surface area (Å²) >= 11 is 0. The maximum absolute atomic E-state index is 12.9. The summed E-state index contributed by atoms with van der Waals surface area (Å²) in [4.78, 5) is 27.7. The molecule has 1 aliphatic rings. The number of hydrogen-bond acceptors (Lipinski definition) is 6. The molecule has 7 nitrogen and oxygen atoms in total. The molecular formula is C28H32N2O5. The lowest BCUT2D eigenvalue weighted by Crippen LogP contribution is -2.42. The summed E-state index contributed by atoms with van der Waals surface area (Å²) in [6.07, 6.45) is 3.05. The fourth-order valence-electron chi connectivity index (χ4n) is 4.18. The Morgan fingerprint density at radius 3 is 2.49 bits per heavy atom. The first kappa shape index (κ1) is 24.7. The Kier molecular flexibility index (Phi) is 7.68. The molecule has 7 heteroatoms. The van der Waals surface area contributed by atoms with Crippen molar-refractivity contribution >= 4 is 5.78 Å². The minimum Gasteiger partial charge on any atom is -0.496 e. The zero-order chi connectivity index (χ0) is 24.8. The predicted molar refractivity (Wildman–Crippen MR) is 134 cm³/mol. The first-order chi connectivity index (χ1) is 16.8. The number of rotatable bonds is 9. The van der Waals surface area contributed by atoms with E-state index in [1.165, 1.54) is 10.6 Å². The van der Waals surface area contributed by atoms with Gasteiger partial charge in [-0.2, -0.15) is 0 Å². The summed E-state index contributed by atoms with van der Waals surface area (Å²) < 4.78 is 12.6. The van der Waals surface area contributed by atoms with E-state index in [0.29, 0.717) is 30.2 Å². The van der Waals surface area contributed by atoms with Gasteiger partial charge in [0, 0.05) is 43.0 Å². The lowest BCUT2D eigenvalue weighted by Gasteiger charge is -2.36. The number of hydrogen-bond donors (Lipinski definition) is 1. The second kappa shape index (κ2) is 10.9. The largest absolute Gasteiger partial charge is 0.496 e. The van der Waals surface area contributed by atoms with Crippen LogP contribution in [0, 0.1) is 0 Å². The first-order valence-corrected chi connectivity index (χ1v) is 11.8. The van der Waals surface area contributed by atoms with Crippen LogP contribution in [-0.4, -0.2) is 46.2 Å². The molecule has 184 valence electrons. The number of benzene rings is 2. The van der Waals surface area contributed by atoms with Crippen molar-refractivity contribution in [2.45, 2.75) is 45.1 Å². The Labute approximate surface area is 205 Å². The van der Waals surface area contributed by atoms with Gasteiger partial charge < -0.3 is 19.1 Å². The van der Waals surface area contributed by atoms with Crippen LogP contribution in [0.25, 0.3) is 0 Å². The zero-order valence-corrected chi connectivity index (χ0v) is 20.3. The number of likely N-dealkylation sites (tertiary alicyclic amines) is 1. The van der Waals surface area contributed by atoms with E-state index in [1.807, 2.05) is 43.3 Å². The molecule has 2 aromatic carbocycles. The highest BCUT2D eigenvalue weighted by molar-refractivity contribution is 5.96. The molecule has 0 atom stereocenters. The van der Waals surface area contributed by atoms with Crippen LogP contribution < -0.4 is 15.0 Å². The molecule has 4 rings (SSSR count). The molecule has 0 unspecified atom stereocenters. The first-order valence-electron chi connectivity index (χ1n) is 11.8. The lowest BCUT2D eigenvalue weighted by atomic mass is 9.93. The second-order valence-electron chi connectivity index (χ2n) is 9.33. The number of carbonyl (C=O) groups is 1. The number of ether oxygens (including phenoxy) is 2. The van der Waals surface area contributed by atoms with Crippen molar-refractivity contribution in [3.05, 3.63) is 93.9 Å². The normalized spacial score (nSPS) is 15.5. The second-order valence-corrected chi connectivity index (χ2v) is 9.33. The topological polar surface area (TPSA) is 81.0 Å². The molecule has 1 saturated heterocycles. The average molecular weight is 477 g/mol. The number of aromatic nitrogens is 1. The molecule has 1 N–H and O–H groups in total.